The smallest absolute Gasteiger partial charge is 0.335 e. The summed E-state index contributed by atoms with van der Waals surface area (Å²) in [5.41, 5.74) is 8.81. The molecule has 4 N–H and O–H groups in total. The number of carbonyl (C=O) groups excluding carboxylic acids is 1. The van der Waals surface area contributed by atoms with Crippen molar-refractivity contribution >= 4 is 45.9 Å². The minimum atomic E-state index is -1.01. The largest absolute Gasteiger partial charge is 0.507 e. The van der Waals surface area contributed by atoms with Crippen molar-refractivity contribution in [3.63, 3.8) is 0 Å². The lowest BCUT2D eigenvalue weighted by Crippen LogP contribution is -2.06. The molecule has 9 heteroatoms. The molecule has 1 heterocycles. The first-order chi connectivity index (χ1) is 13.8. The number of fused-ring (bicyclic) bond motifs is 1. The van der Waals surface area contributed by atoms with Crippen LogP contribution in [0.25, 0.3) is 16.7 Å². The fourth-order valence-electron chi connectivity index (χ4n) is 2.88. The number of carbonyl (C=O) groups is 2. The van der Waals surface area contributed by atoms with Gasteiger partial charge in [0.15, 0.2) is 0 Å². The lowest BCUT2D eigenvalue weighted by atomic mass is 10.1. The zero-order valence-corrected chi connectivity index (χ0v) is 15.6. The zero-order valence-electron chi connectivity index (χ0n) is 14.9. The number of ketones is 1. The van der Waals surface area contributed by atoms with Crippen LogP contribution in [0.2, 0.25) is 5.02 Å². The van der Waals surface area contributed by atoms with E-state index in [0.29, 0.717) is 22.5 Å². The third kappa shape index (κ3) is 4.22. The minimum Gasteiger partial charge on any atom is -0.507 e. The molecule has 0 spiro atoms. The number of aliphatic hydroxyl groups excluding tert-OH is 1. The first-order valence-electron chi connectivity index (χ1n) is 8.32. The number of halogens is 1. The molecule has 0 fully saturated rings. The Kier molecular flexibility index (Phi) is 5.56. The van der Waals surface area contributed by atoms with Crippen LogP contribution < -0.4 is 0 Å². The quantitative estimate of drug-likeness (QED) is 0.156. The number of rotatable bonds is 6. The van der Waals surface area contributed by atoms with E-state index in [4.69, 9.17) is 27.6 Å². The Bertz CT molecular complexity index is 1180. The summed E-state index contributed by atoms with van der Waals surface area (Å²) in [7, 11) is 0. The van der Waals surface area contributed by atoms with Gasteiger partial charge in [0.2, 0.25) is 11.6 Å². The van der Waals surface area contributed by atoms with Gasteiger partial charge in [0.1, 0.15) is 5.76 Å². The average Bonchev–Trinajstić information content (AvgIpc) is 3.05. The molecular formula is C20H15ClN4O4. The molecule has 2 aromatic carbocycles. The molecule has 3 aromatic rings. The third-order valence-electron chi connectivity index (χ3n) is 4.29. The van der Waals surface area contributed by atoms with Gasteiger partial charge in [-0.15, -0.1) is 5.11 Å². The van der Waals surface area contributed by atoms with E-state index in [1.54, 1.807) is 36.5 Å². The minimum absolute atomic E-state index is 0.180. The molecule has 0 bridgehead atoms. The zero-order chi connectivity index (χ0) is 21.1. The molecular weight excluding hydrogens is 396 g/mol. The highest BCUT2D eigenvalue weighted by molar-refractivity contribution is 6.43. The van der Waals surface area contributed by atoms with Gasteiger partial charge in [0.25, 0.3) is 0 Å². The molecule has 146 valence electrons. The summed E-state index contributed by atoms with van der Waals surface area (Å²) >= 11 is 6.08. The highest BCUT2D eigenvalue weighted by Gasteiger charge is 2.15. The second-order valence-electron chi connectivity index (χ2n) is 6.19. The molecule has 1 aromatic heterocycles. The molecule has 0 aliphatic heterocycles. The van der Waals surface area contributed by atoms with Crippen molar-refractivity contribution in [1.82, 2.24) is 4.57 Å². The summed E-state index contributed by atoms with van der Waals surface area (Å²) in [5.74, 6) is -3.08. The Morgan fingerprint density at radius 2 is 1.83 bits per heavy atom. The summed E-state index contributed by atoms with van der Waals surface area (Å²) < 4.78 is 1.82. The van der Waals surface area contributed by atoms with Crippen molar-refractivity contribution in [2.75, 3.05) is 0 Å². The van der Waals surface area contributed by atoms with Crippen LogP contribution in [0, 0.1) is 10.9 Å². The van der Waals surface area contributed by atoms with Crippen LogP contribution in [0.4, 0.5) is 0 Å². The van der Waals surface area contributed by atoms with Crippen LogP contribution >= 0.6 is 11.6 Å². The maximum Gasteiger partial charge on any atom is 0.335 e. The van der Waals surface area contributed by atoms with E-state index in [2.05, 4.69) is 5.11 Å². The van der Waals surface area contributed by atoms with Crippen LogP contribution in [-0.2, 0) is 11.3 Å². The molecule has 0 aliphatic carbocycles. The van der Waals surface area contributed by atoms with Gasteiger partial charge in [-0.05, 0) is 35.9 Å². The van der Waals surface area contributed by atoms with Crippen LogP contribution in [0.3, 0.4) is 0 Å². The van der Waals surface area contributed by atoms with Crippen molar-refractivity contribution in [1.29, 1.82) is 10.9 Å². The van der Waals surface area contributed by atoms with Crippen LogP contribution in [0.1, 0.15) is 21.5 Å². The van der Waals surface area contributed by atoms with Gasteiger partial charge in [0.05, 0.1) is 5.56 Å². The molecule has 0 saturated heterocycles. The molecule has 0 unspecified atom stereocenters. The first-order valence-corrected chi connectivity index (χ1v) is 8.70. The Hall–Kier alpha value is -3.78. The van der Waals surface area contributed by atoms with Crippen molar-refractivity contribution in [3.05, 3.63) is 76.5 Å². The van der Waals surface area contributed by atoms with E-state index in [-0.39, 0.29) is 11.3 Å². The number of aliphatic hydroxyl groups is 1. The SMILES string of the molecule is N=NC(=N)C(=O)C=C(O)c1cn(Cc2ccc(C(=O)O)cc2)c2ccc(Cl)cc12. The molecule has 8 nitrogen and oxygen atoms in total. The number of nitrogens with zero attached hydrogens (tertiary/aromatic N) is 2. The van der Waals surface area contributed by atoms with E-state index < -0.39 is 17.6 Å². The lowest BCUT2D eigenvalue weighted by Gasteiger charge is -2.06. The van der Waals surface area contributed by atoms with E-state index >= 15 is 0 Å². The Labute approximate surface area is 169 Å². The number of amidine groups is 1. The van der Waals surface area contributed by atoms with E-state index in [0.717, 1.165) is 17.2 Å². The Balaban J connectivity index is 2.04. The lowest BCUT2D eigenvalue weighted by molar-refractivity contribution is -0.109. The Morgan fingerprint density at radius 3 is 2.45 bits per heavy atom. The normalized spacial score (nSPS) is 11.4. The third-order valence-corrected chi connectivity index (χ3v) is 4.52. The average molecular weight is 411 g/mol. The van der Waals surface area contributed by atoms with Crippen molar-refractivity contribution in [3.8, 4) is 0 Å². The number of benzene rings is 2. The van der Waals surface area contributed by atoms with E-state index in [1.807, 2.05) is 4.57 Å². The van der Waals surface area contributed by atoms with Crippen molar-refractivity contribution < 1.29 is 19.8 Å². The summed E-state index contributed by atoms with van der Waals surface area (Å²) in [6, 6.07) is 11.5. The summed E-state index contributed by atoms with van der Waals surface area (Å²) in [4.78, 5) is 22.8. The van der Waals surface area contributed by atoms with Crippen LogP contribution in [-0.4, -0.2) is 32.4 Å². The van der Waals surface area contributed by atoms with Gasteiger partial charge < -0.3 is 14.8 Å². The summed E-state index contributed by atoms with van der Waals surface area (Å²) in [6.45, 7) is 0.386. The van der Waals surface area contributed by atoms with Gasteiger partial charge in [-0.1, -0.05) is 23.7 Å². The molecule has 0 saturated carbocycles. The van der Waals surface area contributed by atoms with Gasteiger partial charge in [0, 0.05) is 40.3 Å². The van der Waals surface area contributed by atoms with Crippen molar-refractivity contribution in [2.24, 2.45) is 5.11 Å². The first kappa shape index (κ1) is 20.0. The molecule has 3 rings (SSSR count). The maximum absolute atomic E-state index is 11.8. The van der Waals surface area contributed by atoms with Crippen LogP contribution in [0.15, 0.2) is 59.9 Å². The molecule has 0 atom stereocenters. The predicted molar refractivity (Wildman–Crippen MR) is 108 cm³/mol. The number of carboxylic acid groups (broad SMARTS) is 1. The van der Waals surface area contributed by atoms with Gasteiger partial charge in [-0.3, -0.25) is 10.2 Å². The number of hydrogen-bond acceptors (Lipinski definition) is 5. The van der Waals surface area contributed by atoms with E-state index in [1.165, 1.54) is 12.1 Å². The number of hydrogen-bond donors (Lipinski definition) is 4. The highest BCUT2D eigenvalue weighted by atomic mass is 35.5. The maximum atomic E-state index is 11.8. The number of nitrogens with one attached hydrogen (secondary N) is 2. The second-order valence-corrected chi connectivity index (χ2v) is 6.62. The van der Waals surface area contributed by atoms with E-state index in [9.17, 15) is 14.7 Å². The highest BCUT2D eigenvalue weighted by Crippen LogP contribution is 2.29. The molecule has 29 heavy (non-hydrogen) atoms. The summed E-state index contributed by atoms with van der Waals surface area (Å²) in [5, 5.41) is 30.5. The molecule has 0 aliphatic rings. The monoisotopic (exact) mass is 410 g/mol. The standard InChI is InChI=1S/C20H15ClN4O4/c21-13-5-6-16-14(7-13)15(17(26)8-18(27)19(22)24-23)10-25(16)9-11-1-3-12(4-2-11)20(28)29/h1-8,10,22-23,26H,9H2,(H,28,29). The fraction of sp³-hybridized carbons (Fsp3) is 0.0500. The van der Waals surface area contributed by atoms with Crippen LogP contribution in [0.5, 0.6) is 0 Å². The van der Waals surface area contributed by atoms with Crippen molar-refractivity contribution in [2.45, 2.75) is 6.54 Å². The second kappa shape index (κ2) is 8.07. The Morgan fingerprint density at radius 1 is 1.14 bits per heavy atom. The number of carboxylic acids is 1. The fourth-order valence-corrected chi connectivity index (χ4v) is 3.05. The van der Waals surface area contributed by atoms with Gasteiger partial charge in [-0.2, -0.15) is 0 Å². The van der Waals surface area contributed by atoms with Gasteiger partial charge in [-0.25, -0.2) is 10.3 Å². The van der Waals surface area contributed by atoms with Gasteiger partial charge >= 0.3 is 5.97 Å². The number of aromatic carboxylic acids is 1. The predicted octanol–water partition coefficient (Wildman–Crippen LogP) is 4.52. The number of aromatic nitrogens is 1. The topological polar surface area (TPSA) is 140 Å². The summed E-state index contributed by atoms with van der Waals surface area (Å²) in [6.07, 6.45) is 2.47. The molecule has 0 radical (unpaired) electrons. The molecule has 0 amide bonds.